The fraction of sp³-hybridized carbons (Fsp3) is 0.483. The molecule has 0 bridgehead atoms. The van der Waals surface area contributed by atoms with Crippen molar-refractivity contribution >= 4 is 21.6 Å². The second kappa shape index (κ2) is 11.5. The zero-order valence-corrected chi connectivity index (χ0v) is 22.8. The SMILES string of the molecule is CN1CCN(CCn2cc(-c3cc(Oc4ccc5nc(C[C@@H]6CCCC[C@H]6O)sc5c4)ccn3)cn2)CC1. The third-order valence-corrected chi connectivity index (χ3v) is 8.89. The van der Waals surface area contributed by atoms with Crippen molar-refractivity contribution in [2.24, 2.45) is 5.92 Å². The van der Waals surface area contributed by atoms with E-state index in [4.69, 9.17) is 9.72 Å². The van der Waals surface area contributed by atoms with E-state index in [0.29, 0.717) is 5.92 Å². The van der Waals surface area contributed by atoms with Crippen LogP contribution in [0.25, 0.3) is 21.5 Å². The molecule has 3 aromatic heterocycles. The average molecular weight is 533 g/mol. The number of rotatable bonds is 8. The number of nitrogens with zero attached hydrogens (tertiary/aromatic N) is 6. The normalized spacial score (nSPS) is 21.2. The molecular weight excluding hydrogens is 496 g/mol. The van der Waals surface area contributed by atoms with E-state index in [0.717, 1.165) is 103 Å². The van der Waals surface area contributed by atoms with Crippen LogP contribution in [0.5, 0.6) is 11.5 Å². The van der Waals surface area contributed by atoms with Crippen LogP contribution in [0.1, 0.15) is 30.7 Å². The Kier molecular flexibility index (Phi) is 7.69. The first-order chi connectivity index (χ1) is 18.6. The Morgan fingerprint density at radius 1 is 1.03 bits per heavy atom. The number of aliphatic hydroxyl groups excluding tert-OH is 1. The summed E-state index contributed by atoms with van der Waals surface area (Å²) in [5, 5.41) is 16.0. The molecule has 2 atom stereocenters. The molecule has 9 heteroatoms. The first kappa shape index (κ1) is 25.4. The van der Waals surface area contributed by atoms with Gasteiger partial charge in [0.05, 0.1) is 39.8 Å². The fourth-order valence-electron chi connectivity index (χ4n) is 5.46. The summed E-state index contributed by atoms with van der Waals surface area (Å²) in [5.74, 6) is 1.85. The van der Waals surface area contributed by atoms with Crippen molar-refractivity contribution in [2.75, 3.05) is 39.8 Å². The maximum absolute atomic E-state index is 10.4. The second-order valence-electron chi connectivity index (χ2n) is 10.7. The summed E-state index contributed by atoms with van der Waals surface area (Å²) in [6, 6.07) is 9.90. The number of ether oxygens (including phenoxy) is 1. The van der Waals surface area contributed by atoms with Gasteiger partial charge in [-0.05, 0) is 44.0 Å². The van der Waals surface area contributed by atoms with Crippen LogP contribution in [0.2, 0.25) is 0 Å². The minimum atomic E-state index is -0.195. The maximum atomic E-state index is 10.4. The van der Waals surface area contributed by atoms with Crippen LogP contribution in [0.4, 0.5) is 0 Å². The lowest BCUT2D eigenvalue weighted by atomic mass is 9.84. The summed E-state index contributed by atoms with van der Waals surface area (Å²) in [6.07, 6.45) is 10.7. The molecular formula is C29H36N6O2S. The molecule has 2 fully saturated rings. The number of pyridine rings is 1. The van der Waals surface area contributed by atoms with E-state index < -0.39 is 0 Å². The summed E-state index contributed by atoms with van der Waals surface area (Å²) < 4.78 is 9.34. The Balaban J connectivity index is 1.09. The van der Waals surface area contributed by atoms with Gasteiger partial charge in [0.2, 0.25) is 0 Å². The number of benzene rings is 1. The Hall–Kier alpha value is -2.85. The Morgan fingerprint density at radius 3 is 2.74 bits per heavy atom. The van der Waals surface area contributed by atoms with E-state index >= 15 is 0 Å². The zero-order chi connectivity index (χ0) is 25.9. The lowest BCUT2D eigenvalue weighted by Gasteiger charge is -2.32. The molecule has 0 spiro atoms. The molecule has 1 saturated heterocycles. The maximum Gasteiger partial charge on any atom is 0.131 e. The number of aromatic nitrogens is 4. The molecule has 2 aliphatic rings. The van der Waals surface area contributed by atoms with Gasteiger partial charge in [0.25, 0.3) is 0 Å². The molecule has 1 saturated carbocycles. The molecule has 4 aromatic rings. The Bertz CT molecular complexity index is 1360. The summed E-state index contributed by atoms with van der Waals surface area (Å²) in [6.45, 7) is 6.37. The Morgan fingerprint density at radius 2 is 1.87 bits per heavy atom. The number of likely N-dealkylation sites (N-methyl/N-ethyl adjacent to an activating group) is 1. The van der Waals surface area contributed by atoms with Crippen molar-refractivity contribution < 1.29 is 9.84 Å². The molecule has 200 valence electrons. The van der Waals surface area contributed by atoms with Crippen LogP contribution >= 0.6 is 11.3 Å². The molecule has 0 amide bonds. The summed E-state index contributed by atoms with van der Waals surface area (Å²) in [7, 11) is 2.18. The predicted molar refractivity (Wildman–Crippen MR) is 151 cm³/mol. The lowest BCUT2D eigenvalue weighted by molar-refractivity contribution is 0.0700. The fourth-order valence-corrected chi connectivity index (χ4v) is 6.54. The van der Waals surface area contributed by atoms with Crippen molar-refractivity contribution in [3.05, 3.63) is 53.9 Å². The van der Waals surface area contributed by atoms with Crippen LogP contribution in [-0.2, 0) is 13.0 Å². The van der Waals surface area contributed by atoms with Gasteiger partial charge >= 0.3 is 0 Å². The minimum Gasteiger partial charge on any atom is -0.457 e. The molecule has 6 rings (SSSR count). The molecule has 1 aliphatic heterocycles. The van der Waals surface area contributed by atoms with Crippen molar-refractivity contribution in [1.82, 2.24) is 29.5 Å². The number of hydrogen-bond acceptors (Lipinski definition) is 8. The van der Waals surface area contributed by atoms with E-state index in [1.165, 1.54) is 6.42 Å². The molecule has 0 unspecified atom stereocenters. The highest BCUT2D eigenvalue weighted by molar-refractivity contribution is 7.18. The van der Waals surface area contributed by atoms with E-state index in [-0.39, 0.29) is 6.10 Å². The molecule has 1 aliphatic carbocycles. The quantitative estimate of drug-likeness (QED) is 0.353. The molecule has 8 nitrogen and oxygen atoms in total. The van der Waals surface area contributed by atoms with Gasteiger partial charge in [-0.1, -0.05) is 12.8 Å². The molecule has 1 aromatic carbocycles. The first-order valence-corrected chi connectivity index (χ1v) is 14.6. The number of fused-ring (bicyclic) bond motifs is 1. The monoisotopic (exact) mass is 532 g/mol. The largest absolute Gasteiger partial charge is 0.457 e. The minimum absolute atomic E-state index is 0.195. The van der Waals surface area contributed by atoms with E-state index in [1.807, 2.05) is 35.1 Å². The van der Waals surface area contributed by atoms with Gasteiger partial charge < -0.3 is 14.7 Å². The van der Waals surface area contributed by atoms with Gasteiger partial charge in [-0.2, -0.15) is 5.10 Å². The van der Waals surface area contributed by atoms with Gasteiger partial charge in [-0.3, -0.25) is 14.6 Å². The Labute approximate surface area is 227 Å². The lowest BCUT2D eigenvalue weighted by Crippen LogP contribution is -2.45. The zero-order valence-electron chi connectivity index (χ0n) is 22.0. The number of aliphatic hydroxyl groups is 1. The number of thiazole rings is 1. The van der Waals surface area contributed by atoms with Crippen molar-refractivity contribution in [2.45, 2.75) is 44.8 Å². The van der Waals surface area contributed by atoms with Crippen LogP contribution in [0, 0.1) is 5.92 Å². The van der Waals surface area contributed by atoms with E-state index in [2.05, 4.69) is 39.2 Å². The summed E-state index contributed by atoms with van der Waals surface area (Å²) in [5.41, 5.74) is 2.82. The number of piperazine rings is 1. The molecule has 4 heterocycles. The smallest absolute Gasteiger partial charge is 0.131 e. The average Bonchev–Trinajstić information content (AvgIpc) is 3.56. The highest BCUT2D eigenvalue weighted by Gasteiger charge is 2.24. The van der Waals surface area contributed by atoms with E-state index in [9.17, 15) is 5.11 Å². The van der Waals surface area contributed by atoms with Crippen LogP contribution in [0.3, 0.4) is 0 Å². The van der Waals surface area contributed by atoms with Gasteiger partial charge in [-0.25, -0.2) is 4.98 Å². The number of hydrogen-bond donors (Lipinski definition) is 1. The standard InChI is InChI=1S/C29H36N6O2S/c1-33-10-12-34(13-11-33)14-15-35-20-22(19-31-35)26-17-24(8-9-30-26)37-23-6-7-25-28(18-23)38-29(32-25)16-21-4-2-3-5-27(21)36/h6-9,17-21,27,36H,2-5,10-16H2,1H3/t21-,27+/m0/s1. The second-order valence-corrected chi connectivity index (χ2v) is 11.8. The highest BCUT2D eigenvalue weighted by Crippen LogP contribution is 2.33. The molecule has 0 radical (unpaired) electrons. The van der Waals surface area contributed by atoms with Gasteiger partial charge in [0.15, 0.2) is 0 Å². The van der Waals surface area contributed by atoms with Crippen LogP contribution < -0.4 is 4.74 Å². The first-order valence-electron chi connectivity index (χ1n) is 13.7. The molecule has 38 heavy (non-hydrogen) atoms. The molecule has 1 N–H and O–H groups in total. The van der Waals surface area contributed by atoms with E-state index in [1.54, 1.807) is 17.5 Å². The topological polar surface area (TPSA) is 79.5 Å². The highest BCUT2D eigenvalue weighted by atomic mass is 32.1. The third-order valence-electron chi connectivity index (χ3n) is 7.85. The van der Waals surface area contributed by atoms with Gasteiger partial charge in [0.1, 0.15) is 11.5 Å². The van der Waals surface area contributed by atoms with Crippen molar-refractivity contribution in [1.29, 1.82) is 0 Å². The van der Waals surface area contributed by atoms with Crippen LogP contribution in [-0.4, -0.2) is 80.5 Å². The summed E-state index contributed by atoms with van der Waals surface area (Å²) in [4.78, 5) is 14.3. The van der Waals surface area contributed by atoms with Crippen LogP contribution in [0.15, 0.2) is 48.9 Å². The van der Waals surface area contributed by atoms with Gasteiger partial charge in [-0.15, -0.1) is 11.3 Å². The van der Waals surface area contributed by atoms with Crippen molar-refractivity contribution in [3.8, 4) is 22.8 Å². The van der Waals surface area contributed by atoms with Gasteiger partial charge in [0, 0.05) is 69.2 Å². The summed E-state index contributed by atoms with van der Waals surface area (Å²) >= 11 is 1.70. The van der Waals surface area contributed by atoms with Crippen molar-refractivity contribution in [3.63, 3.8) is 0 Å². The predicted octanol–water partition coefficient (Wildman–Crippen LogP) is 4.69. The third kappa shape index (κ3) is 6.07.